The van der Waals surface area contributed by atoms with E-state index < -0.39 is 0 Å². The highest BCUT2D eigenvalue weighted by Crippen LogP contribution is 2.46. The molecule has 0 aliphatic heterocycles. The first-order valence-electron chi connectivity index (χ1n) is 20.4. The quantitative estimate of drug-likeness (QED) is 0.193. The molecule has 0 bridgehead atoms. The van der Waals surface area contributed by atoms with Crippen molar-refractivity contribution >= 4 is 118 Å². The van der Waals surface area contributed by atoms with Gasteiger partial charge in [0.1, 0.15) is 5.75 Å². The standard InChI is InChI=1S/C54H30N4OS2/c59-46-24-21-34(45-29-39-50-36-12-4-2-10-31(36)23-26-48(50)61-52(39)54-56-41-14-6-8-16-43(41)58(45)54)27-37(46)32-17-19-33(20-18-32)44-28-38-49-35-11-3-1-9-30(35)22-25-47(49)60-51(38)53-55-40-13-5-7-15-42(40)57(44)53/h1-29,59H. The zero-order chi connectivity index (χ0) is 39.9. The summed E-state index contributed by atoms with van der Waals surface area (Å²) in [6.07, 6.45) is 0. The van der Waals surface area contributed by atoms with Gasteiger partial charge in [0.2, 0.25) is 0 Å². The normalized spacial score (nSPS) is 12.3. The molecule has 0 spiro atoms. The maximum atomic E-state index is 11.6. The van der Waals surface area contributed by atoms with Gasteiger partial charge in [-0.1, -0.05) is 109 Å². The van der Waals surface area contributed by atoms with Crippen molar-refractivity contribution in [3.05, 3.63) is 176 Å². The highest BCUT2D eigenvalue weighted by atomic mass is 32.1. The second-order valence-electron chi connectivity index (χ2n) is 15.9. The third kappa shape index (κ3) is 4.64. The van der Waals surface area contributed by atoms with Gasteiger partial charge in [0, 0.05) is 36.5 Å². The van der Waals surface area contributed by atoms with Gasteiger partial charge in [0.15, 0.2) is 11.3 Å². The molecule has 0 radical (unpaired) electrons. The Hall–Kier alpha value is -7.58. The lowest BCUT2D eigenvalue weighted by molar-refractivity contribution is 0.477. The summed E-state index contributed by atoms with van der Waals surface area (Å²) in [6.45, 7) is 0. The first-order valence-corrected chi connectivity index (χ1v) is 22.0. The van der Waals surface area contributed by atoms with Crippen molar-refractivity contribution in [2.75, 3.05) is 0 Å². The van der Waals surface area contributed by atoms with E-state index in [2.05, 4.69) is 173 Å². The van der Waals surface area contributed by atoms with Crippen LogP contribution in [-0.4, -0.2) is 23.9 Å². The van der Waals surface area contributed by atoms with E-state index in [0.717, 1.165) is 67.0 Å². The number of rotatable bonds is 3. The minimum atomic E-state index is 0.234. The second-order valence-corrected chi connectivity index (χ2v) is 18.0. The Morgan fingerprint density at radius 3 is 1.46 bits per heavy atom. The molecule has 0 aliphatic rings. The number of hydrogen-bond acceptors (Lipinski definition) is 5. The summed E-state index contributed by atoms with van der Waals surface area (Å²) in [5.74, 6) is 0.234. The fourth-order valence-corrected chi connectivity index (χ4v) is 12.2. The van der Waals surface area contributed by atoms with Crippen molar-refractivity contribution in [3.63, 3.8) is 0 Å². The molecule has 5 nitrogen and oxygen atoms in total. The molecule has 0 fully saturated rings. The summed E-state index contributed by atoms with van der Waals surface area (Å²) >= 11 is 3.62. The minimum absolute atomic E-state index is 0.234. The molecule has 0 saturated carbocycles. The van der Waals surface area contributed by atoms with Gasteiger partial charge in [0.25, 0.3) is 0 Å². The maximum absolute atomic E-state index is 11.6. The number of nitrogens with zero attached hydrogens (tertiary/aromatic N) is 4. The molecule has 6 heterocycles. The van der Waals surface area contributed by atoms with E-state index in [4.69, 9.17) is 9.97 Å². The van der Waals surface area contributed by atoms with Gasteiger partial charge in [-0.3, -0.25) is 8.80 Å². The average molecular weight is 815 g/mol. The Balaban J connectivity index is 0.970. The van der Waals surface area contributed by atoms with Crippen LogP contribution >= 0.6 is 22.7 Å². The van der Waals surface area contributed by atoms with E-state index in [-0.39, 0.29) is 5.75 Å². The SMILES string of the molecule is Oc1ccc(-c2cc3c(sc4ccc5ccccc5c43)c3nc4ccccc4n23)cc1-c1ccc(-c2cc3c(sc4ccc5ccccc5c43)c3nc4ccccc4n23)cc1. The van der Waals surface area contributed by atoms with Crippen molar-refractivity contribution < 1.29 is 5.11 Å². The van der Waals surface area contributed by atoms with Crippen LogP contribution in [0.3, 0.4) is 0 Å². The monoisotopic (exact) mass is 814 g/mol. The Morgan fingerprint density at radius 1 is 0.410 bits per heavy atom. The summed E-state index contributed by atoms with van der Waals surface area (Å²) in [5, 5.41) is 21.4. The molecule has 61 heavy (non-hydrogen) atoms. The molecule has 0 unspecified atom stereocenters. The lowest BCUT2D eigenvalue weighted by atomic mass is 9.97. The Bertz CT molecular complexity index is 4190. The lowest BCUT2D eigenvalue weighted by Gasteiger charge is -2.13. The number of benzene rings is 8. The molecule has 1 N–H and O–H groups in total. The molecule has 8 aromatic carbocycles. The fourth-order valence-electron chi connectivity index (χ4n) is 9.81. The van der Waals surface area contributed by atoms with Crippen LogP contribution in [0.2, 0.25) is 0 Å². The highest BCUT2D eigenvalue weighted by molar-refractivity contribution is 7.27. The van der Waals surface area contributed by atoms with Gasteiger partial charge in [-0.15, -0.1) is 22.7 Å². The smallest absolute Gasteiger partial charge is 0.156 e. The molecular weight excluding hydrogens is 785 g/mol. The lowest BCUT2D eigenvalue weighted by Crippen LogP contribution is -1.94. The van der Waals surface area contributed by atoms with Gasteiger partial charge < -0.3 is 5.11 Å². The third-order valence-corrected chi connectivity index (χ3v) is 14.9. The fraction of sp³-hybridized carbons (Fsp3) is 0. The number of hydrogen-bond donors (Lipinski definition) is 1. The number of aromatic nitrogens is 4. The van der Waals surface area contributed by atoms with Crippen LogP contribution in [0.15, 0.2) is 176 Å². The summed E-state index contributed by atoms with van der Waals surface area (Å²) in [7, 11) is 0. The summed E-state index contributed by atoms with van der Waals surface area (Å²) in [5.41, 5.74) is 11.8. The van der Waals surface area contributed by atoms with Gasteiger partial charge in [0.05, 0.1) is 42.9 Å². The second kappa shape index (κ2) is 12.2. The van der Waals surface area contributed by atoms with Crippen molar-refractivity contribution in [1.82, 2.24) is 18.8 Å². The summed E-state index contributed by atoms with van der Waals surface area (Å²) < 4.78 is 9.46. The van der Waals surface area contributed by atoms with Crippen molar-refractivity contribution in [1.29, 1.82) is 0 Å². The van der Waals surface area contributed by atoms with Crippen molar-refractivity contribution in [2.45, 2.75) is 0 Å². The number of phenols is 1. The van der Waals surface area contributed by atoms with Crippen LogP contribution < -0.4 is 0 Å². The van der Waals surface area contributed by atoms with Crippen LogP contribution in [-0.2, 0) is 0 Å². The molecule has 0 atom stereocenters. The Morgan fingerprint density at radius 2 is 0.885 bits per heavy atom. The zero-order valence-electron chi connectivity index (χ0n) is 32.3. The first-order chi connectivity index (χ1) is 30.1. The molecule has 284 valence electrons. The first kappa shape index (κ1) is 33.3. The Kier molecular flexibility index (Phi) is 6.68. The van der Waals surface area contributed by atoms with Gasteiger partial charge in [-0.25, -0.2) is 9.97 Å². The van der Waals surface area contributed by atoms with Crippen LogP contribution in [0.5, 0.6) is 5.75 Å². The van der Waals surface area contributed by atoms with E-state index in [9.17, 15) is 5.11 Å². The predicted molar refractivity (Wildman–Crippen MR) is 258 cm³/mol. The van der Waals surface area contributed by atoms with E-state index in [1.165, 1.54) is 61.9 Å². The maximum Gasteiger partial charge on any atom is 0.156 e. The van der Waals surface area contributed by atoms with Gasteiger partial charge in [-0.2, -0.15) is 0 Å². The third-order valence-electron chi connectivity index (χ3n) is 12.6. The number of thiophene rings is 2. The highest BCUT2D eigenvalue weighted by Gasteiger charge is 2.22. The molecule has 14 aromatic rings. The van der Waals surface area contributed by atoms with Crippen LogP contribution in [0.1, 0.15) is 0 Å². The van der Waals surface area contributed by atoms with Gasteiger partial charge >= 0.3 is 0 Å². The number of phenolic OH excluding ortho intramolecular Hbond substituents is 1. The van der Waals surface area contributed by atoms with E-state index in [1.54, 1.807) is 11.3 Å². The number of para-hydroxylation sites is 4. The molecule has 0 amide bonds. The zero-order valence-corrected chi connectivity index (χ0v) is 33.9. The van der Waals surface area contributed by atoms with Crippen molar-refractivity contribution in [2.24, 2.45) is 0 Å². The van der Waals surface area contributed by atoms with Crippen LogP contribution in [0.25, 0.3) is 129 Å². The molecular formula is C54H30N4OS2. The molecule has 7 heteroatoms. The minimum Gasteiger partial charge on any atom is -0.507 e. The Labute approximate surface area is 355 Å². The van der Waals surface area contributed by atoms with Crippen LogP contribution in [0, 0.1) is 0 Å². The summed E-state index contributed by atoms with van der Waals surface area (Å²) in [6, 6.07) is 62.3. The van der Waals surface area contributed by atoms with Crippen LogP contribution in [0.4, 0.5) is 0 Å². The van der Waals surface area contributed by atoms with Crippen molar-refractivity contribution in [3.8, 4) is 39.4 Å². The largest absolute Gasteiger partial charge is 0.507 e. The summed E-state index contributed by atoms with van der Waals surface area (Å²) in [4.78, 5) is 10.5. The predicted octanol–water partition coefficient (Wildman–Crippen LogP) is 15.0. The molecule has 6 aromatic heterocycles. The van der Waals surface area contributed by atoms with E-state index >= 15 is 0 Å². The number of pyridine rings is 2. The van der Waals surface area contributed by atoms with Gasteiger partial charge in [-0.05, 0) is 105 Å². The topological polar surface area (TPSA) is 54.8 Å². The number of imidazole rings is 2. The van der Waals surface area contributed by atoms with E-state index in [1.807, 2.05) is 23.5 Å². The average Bonchev–Trinajstić information content (AvgIpc) is 4.09. The molecule has 0 saturated heterocycles. The number of fused-ring (bicyclic) bond motifs is 18. The van der Waals surface area contributed by atoms with E-state index in [0.29, 0.717) is 0 Å². The number of aromatic hydroxyl groups is 1. The molecule has 14 rings (SSSR count). The molecule has 0 aliphatic carbocycles.